The molecule has 0 aliphatic carbocycles. The first-order chi connectivity index (χ1) is 7.90. The minimum absolute atomic E-state index is 0.194. The maximum atomic E-state index is 11.4. The van der Waals surface area contributed by atoms with Gasteiger partial charge in [-0.25, -0.2) is 14.8 Å². The summed E-state index contributed by atoms with van der Waals surface area (Å²) in [6, 6.07) is 0. The number of amides is 1. The number of nitrogens with zero attached hydrogens (tertiary/aromatic N) is 2. The summed E-state index contributed by atoms with van der Waals surface area (Å²) in [5, 5.41) is 2.43. The predicted octanol–water partition coefficient (Wildman–Crippen LogP) is 2.00. The highest BCUT2D eigenvalue weighted by Crippen LogP contribution is 2.08. The van der Waals surface area contributed by atoms with Crippen molar-refractivity contribution in [3.8, 4) is 12.3 Å². The summed E-state index contributed by atoms with van der Waals surface area (Å²) in [5.41, 5.74) is 0.273. The zero-order chi connectivity index (χ0) is 12.9. The monoisotopic (exact) mass is 233 g/mol. The Bertz CT molecular complexity index is 427. The van der Waals surface area contributed by atoms with Crippen LogP contribution in [0.15, 0.2) is 12.4 Å². The van der Waals surface area contributed by atoms with Crippen molar-refractivity contribution in [2.75, 3.05) is 5.32 Å². The Morgan fingerprint density at radius 3 is 2.53 bits per heavy atom. The second-order valence-electron chi connectivity index (χ2n) is 4.42. The molecule has 0 saturated heterocycles. The first kappa shape index (κ1) is 13.0. The number of aromatic nitrogens is 2. The fraction of sp³-hybridized carbons (Fsp3) is 0.417. The molecule has 5 nitrogen and oxygen atoms in total. The zero-order valence-electron chi connectivity index (χ0n) is 10.2. The third kappa shape index (κ3) is 4.98. The Morgan fingerprint density at radius 2 is 2.06 bits per heavy atom. The van der Waals surface area contributed by atoms with Crippen LogP contribution < -0.4 is 5.32 Å². The van der Waals surface area contributed by atoms with Crippen molar-refractivity contribution in [3.63, 3.8) is 0 Å². The van der Waals surface area contributed by atoms with E-state index >= 15 is 0 Å². The van der Waals surface area contributed by atoms with Crippen LogP contribution >= 0.6 is 0 Å². The molecular weight excluding hydrogens is 218 g/mol. The highest BCUT2D eigenvalue weighted by atomic mass is 16.6. The standard InChI is InChI=1S/C12H15N3O2/c1-5-6-9-7-13-10(14-8-9)15-11(16)17-12(2,3)4/h1,7-8H,6H2,2-4H3,(H,13,14,15,16). The average Bonchev–Trinajstić information content (AvgIpc) is 2.18. The molecule has 0 atom stereocenters. The fourth-order valence-electron chi connectivity index (χ4n) is 1.02. The van der Waals surface area contributed by atoms with E-state index in [1.165, 1.54) is 0 Å². The van der Waals surface area contributed by atoms with Crippen LogP contribution in [0, 0.1) is 12.3 Å². The number of carbonyl (C=O) groups excluding carboxylic acids is 1. The maximum Gasteiger partial charge on any atom is 0.414 e. The van der Waals surface area contributed by atoms with Crippen molar-refractivity contribution >= 4 is 12.0 Å². The van der Waals surface area contributed by atoms with Crippen LogP contribution in [0.3, 0.4) is 0 Å². The number of hydrogen-bond donors (Lipinski definition) is 1. The van der Waals surface area contributed by atoms with Crippen molar-refractivity contribution in [2.24, 2.45) is 0 Å². The zero-order valence-corrected chi connectivity index (χ0v) is 10.2. The summed E-state index contributed by atoms with van der Waals surface area (Å²) in [4.78, 5) is 19.3. The molecule has 0 unspecified atom stereocenters. The van der Waals surface area contributed by atoms with Gasteiger partial charge >= 0.3 is 6.09 Å². The third-order valence-electron chi connectivity index (χ3n) is 1.62. The number of terminal acetylenes is 1. The summed E-state index contributed by atoms with van der Waals surface area (Å²) in [5.74, 6) is 2.68. The number of nitrogens with one attached hydrogen (secondary N) is 1. The van der Waals surface area contributed by atoms with Gasteiger partial charge in [0, 0.05) is 24.4 Å². The van der Waals surface area contributed by atoms with Gasteiger partial charge in [0.15, 0.2) is 0 Å². The lowest BCUT2D eigenvalue weighted by atomic mass is 10.2. The predicted molar refractivity (Wildman–Crippen MR) is 64.4 cm³/mol. The number of rotatable bonds is 2. The van der Waals surface area contributed by atoms with E-state index in [4.69, 9.17) is 11.2 Å². The fourth-order valence-corrected chi connectivity index (χ4v) is 1.02. The molecule has 0 aliphatic heterocycles. The maximum absolute atomic E-state index is 11.4. The summed E-state index contributed by atoms with van der Waals surface area (Å²) in [7, 11) is 0. The van der Waals surface area contributed by atoms with Crippen LogP contribution in [0.2, 0.25) is 0 Å². The van der Waals surface area contributed by atoms with Crippen LogP contribution in [-0.4, -0.2) is 21.7 Å². The van der Waals surface area contributed by atoms with Gasteiger partial charge < -0.3 is 4.74 Å². The molecule has 1 aromatic rings. The molecule has 90 valence electrons. The number of carbonyl (C=O) groups is 1. The van der Waals surface area contributed by atoms with E-state index in [2.05, 4.69) is 21.2 Å². The first-order valence-electron chi connectivity index (χ1n) is 5.15. The Balaban J connectivity index is 2.58. The highest BCUT2D eigenvalue weighted by molar-refractivity contribution is 5.82. The molecule has 1 heterocycles. The molecule has 0 saturated carbocycles. The third-order valence-corrected chi connectivity index (χ3v) is 1.62. The van der Waals surface area contributed by atoms with Crippen molar-refractivity contribution in [1.82, 2.24) is 9.97 Å². The lowest BCUT2D eigenvalue weighted by molar-refractivity contribution is 0.0634. The van der Waals surface area contributed by atoms with Crippen LogP contribution in [0.4, 0.5) is 10.7 Å². The molecule has 1 amide bonds. The molecule has 0 fully saturated rings. The van der Waals surface area contributed by atoms with Gasteiger partial charge in [0.05, 0.1) is 0 Å². The quantitative estimate of drug-likeness (QED) is 0.793. The summed E-state index contributed by atoms with van der Waals surface area (Å²) in [6.07, 6.45) is 8.18. The molecule has 17 heavy (non-hydrogen) atoms. The molecule has 1 rings (SSSR count). The SMILES string of the molecule is C#CCc1cnc(NC(=O)OC(C)(C)C)nc1. The van der Waals surface area contributed by atoms with Crippen molar-refractivity contribution in [2.45, 2.75) is 32.8 Å². The Labute approximate surface area is 101 Å². The molecule has 0 bridgehead atoms. The molecule has 0 spiro atoms. The van der Waals surface area contributed by atoms with Crippen LogP contribution in [0.1, 0.15) is 26.3 Å². The Hall–Kier alpha value is -2.09. The van der Waals surface area contributed by atoms with Crippen molar-refractivity contribution < 1.29 is 9.53 Å². The van der Waals surface area contributed by atoms with Crippen molar-refractivity contribution in [3.05, 3.63) is 18.0 Å². The molecule has 1 N–H and O–H groups in total. The van der Waals surface area contributed by atoms with E-state index in [0.29, 0.717) is 6.42 Å². The Kier molecular flexibility index (Phi) is 4.05. The summed E-state index contributed by atoms with van der Waals surface area (Å²) < 4.78 is 5.06. The lowest BCUT2D eigenvalue weighted by Crippen LogP contribution is -2.27. The molecule has 1 aromatic heterocycles. The van der Waals surface area contributed by atoms with Gasteiger partial charge in [0.25, 0.3) is 0 Å². The topological polar surface area (TPSA) is 64.1 Å². The molecule has 0 aliphatic rings. The lowest BCUT2D eigenvalue weighted by Gasteiger charge is -2.19. The minimum Gasteiger partial charge on any atom is -0.444 e. The normalized spacial score (nSPS) is 10.5. The molecule has 0 aromatic carbocycles. The van der Waals surface area contributed by atoms with E-state index in [1.54, 1.807) is 33.2 Å². The van der Waals surface area contributed by atoms with Crippen LogP contribution in [0.25, 0.3) is 0 Å². The average molecular weight is 233 g/mol. The smallest absolute Gasteiger partial charge is 0.414 e. The first-order valence-corrected chi connectivity index (χ1v) is 5.15. The van der Waals surface area contributed by atoms with Crippen LogP contribution in [-0.2, 0) is 11.2 Å². The summed E-state index contributed by atoms with van der Waals surface area (Å²) >= 11 is 0. The number of hydrogen-bond acceptors (Lipinski definition) is 4. The van der Waals surface area contributed by atoms with Crippen LogP contribution in [0.5, 0.6) is 0 Å². The second-order valence-corrected chi connectivity index (χ2v) is 4.42. The molecule has 0 radical (unpaired) electrons. The van der Waals surface area contributed by atoms with Gasteiger partial charge in [-0.3, -0.25) is 5.32 Å². The number of anilines is 1. The van der Waals surface area contributed by atoms with E-state index < -0.39 is 11.7 Å². The molecule has 5 heteroatoms. The van der Waals surface area contributed by atoms with Gasteiger partial charge in [-0.1, -0.05) is 0 Å². The van der Waals surface area contributed by atoms with Crippen molar-refractivity contribution in [1.29, 1.82) is 0 Å². The second kappa shape index (κ2) is 5.30. The number of ether oxygens (including phenoxy) is 1. The summed E-state index contributed by atoms with van der Waals surface area (Å²) in [6.45, 7) is 5.34. The largest absolute Gasteiger partial charge is 0.444 e. The van der Waals surface area contributed by atoms with E-state index in [9.17, 15) is 4.79 Å². The van der Waals surface area contributed by atoms with E-state index in [-0.39, 0.29) is 5.95 Å². The van der Waals surface area contributed by atoms with Gasteiger partial charge in [0.2, 0.25) is 5.95 Å². The van der Waals surface area contributed by atoms with Gasteiger partial charge in [-0.05, 0) is 20.8 Å². The highest BCUT2D eigenvalue weighted by Gasteiger charge is 2.16. The van der Waals surface area contributed by atoms with Gasteiger partial charge in [0.1, 0.15) is 5.60 Å². The molecular formula is C12H15N3O2. The Morgan fingerprint density at radius 1 is 1.47 bits per heavy atom. The van der Waals surface area contributed by atoms with Gasteiger partial charge in [-0.2, -0.15) is 0 Å². The van der Waals surface area contributed by atoms with E-state index in [0.717, 1.165) is 5.56 Å². The van der Waals surface area contributed by atoms with E-state index in [1.807, 2.05) is 0 Å². The van der Waals surface area contributed by atoms with Gasteiger partial charge in [-0.15, -0.1) is 12.3 Å². The minimum atomic E-state index is -0.581.